The largest absolute Gasteiger partial charge is 0.332 e. The molecule has 4 heteroatoms. The van der Waals surface area contributed by atoms with Gasteiger partial charge in [0.05, 0.1) is 18.3 Å². The first-order valence-electron chi connectivity index (χ1n) is 8.23. The van der Waals surface area contributed by atoms with Gasteiger partial charge in [0, 0.05) is 12.7 Å². The van der Waals surface area contributed by atoms with Crippen LogP contribution in [0.25, 0.3) is 0 Å². The van der Waals surface area contributed by atoms with E-state index in [1.165, 1.54) is 18.4 Å². The lowest BCUT2D eigenvalue weighted by Gasteiger charge is -2.30. The van der Waals surface area contributed by atoms with Crippen LogP contribution in [0.3, 0.4) is 0 Å². The zero-order valence-electron chi connectivity index (χ0n) is 13.5. The van der Waals surface area contributed by atoms with Crippen molar-refractivity contribution in [3.05, 3.63) is 66.0 Å². The average molecular weight is 309 g/mol. The molecule has 23 heavy (non-hydrogen) atoms. The maximum atomic E-state index is 12.7. The molecule has 3 rings (SSSR count). The van der Waals surface area contributed by atoms with E-state index in [1.807, 2.05) is 41.3 Å². The average Bonchev–Trinajstić information content (AvgIpc) is 3.43. The third-order valence-corrected chi connectivity index (χ3v) is 4.31. The Hall–Kier alpha value is -2.36. The molecule has 0 bridgehead atoms. The van der Waals surface area contributed by atoms with Crippen molar-refractivity contribution >= 4 is 6.03 Å². The zero-order chi connectivity index (χ0) is 16.1. The molecule has 1 aromatic heterocycles. The lowest BCUT2D eigenvalue weighted by Crippen LogP contribution is -2.42. The third kappa shape index (κ3) is 4.31. The van der Waals surface area contributed by atoms with Gasteiger partial charge in [-0.25, -0.2) is 4.79 Å². The number of rotatable bonds is 6. The maximum absolute atomic E-state index is 12.7. The summed E-state index contributed by atoms with van der Waals surface area (Å²) >= 11 is 0. The van der Waals surface area contributed by atoms with Crippen molar-refractivity contribution in [2.75, 3.05) is 6.54 Å². The van der Waals surface area contributed by atoms with Gasteiger partial charge in [-0.2, -0.15) is 0 Å². The van der Waals surface area contributed by atoms with Gasteiger partial charge in [-0.05, 0) is 43.4 Å². The fourth-order valence-electron chi connectivity index (χ4n) is 2.68. The minimum absolute atomic E-state index is 0.0149. The minimum atomic E-state index is -0.0149. The van der Waals surface area contributed by atoms with Gasteiger partial charge in [0.25, 0.3) is 0 Å². The van der Waals surface area contributed by atoms with Gasteiger partial charge in [-0.15, -0.1) is 0 Å². The van der Waals surface area contributed by atoms with Crippen LogP contribution < -0.4 is 5.32 Å². The van der Waals surface area contributed by atoms with E-state index in [0.29, 0.717) is 12.5 Å². The Kier molecular flexibility index (Phi) is 4.91. The highest BCUT2D eigenvalue weighted by molar-refractivity contribution is 5.74. The summed E-state index contributed by atoms with van der Waals surface area (Å²) in [5, 5.41) is 3.01. The van der Waals surface area contributed by atoms with Crippen molar-refractivity contribution in [2.45, 2.75) is 32.4 Å². The van der Waals surface area contributed by atoms with Crippen LogP contribution in [0.4, 0.5) is 4.79 Å². The molecule has 2 amide bonds. The number of carbonyl (C=O) groups is 1. The van der Waals surface area contributed by atoms with E-state index in [-0.39, 0.29) is 12.1 Å². The maximum Gasteiger partial charge on any atom is 0.318 e. The first kappa shape index (κ1) is 15.5. The Labute approximate surface area is 137 Å². The number of hydrogen-bond donors (Lipinski definition) is 1. The quantitative estimate of drug-likeness (QED) is 0.883. The van der Waals surface area contributed by atoms with Crippen LogP contribution in [0.15, 0.2) is 54.7 Å². The third-order valence-electron chi connectivity index (χ3n) is 4.31. The van der Waals surface area contributed by atoms with Gasteiger partial charge in [0.1, 0.15) is 0 Å². The van der Waals surface area contributed by atoms with Gasteiger partial charge in [0.2, 0.25) is 0 Å². The van der Waals surface area contributed by atoms with Crippen molar-refractivity contribution in [1.29, 1.82) is 0 Å². The highest BCUT2D eigenvalue weighted by Crippen LogP contribution is 2.32. The summed E-state index contributed by atoms with van der Waals surface area (Å²) < 4.78 is 0. The minimum Gasteiger partial charge on any atom is -0.332 e. The SMILES string of the molecule is CC(c1ccccc1)N(CC1CC1)C(=O)NCc1ccccn1. The highest BCUT2D eigenvalue weighted by Gasteiger charge is 2.30. The van der Waals surface area contributed by atoms with Gasteiger partial charge < -0.3 is 10.2 Å². The standard InChI is InChI=1S/C19H23N3O/c1-15(17-7-3-2-4-8-17)22(14-16-10-11-16)19(23)21-13-18-9-5-6-12-20-18/h2-9,12,15-16H,10-11,13-14H2,1H3,(H,21,23). The number of pyridine rings is 1. The summed E-state index contributed by atoms with van der Waals surface area (Å²) in [5.74, 6) is 0.654. The molecule has 1 fully saturated rings. The number of hydrogen-bond acceptors (Lipinski definition) is 2. The number of amides is 2. The smallest absolute Gasteiger partial charge is 0.318 e. The van der Waals surface area contributed by atoms with Gasteiger partial charge in [-0.3, -0.25) is 4.98 Å². The lowest BCUT2D eigenvalue weighted by molar-refractivity contribution is 0.175. The molecule has 1 heterocycles. The Morgan fingerprint density at radius 1 is 1.22 bits per heavy atom. The molecule has 1 atom stereocenters. The summed E-state index contributed by atoms with van der Waals surface area (Å²) in [6.07, 6.45) is 4.20. The van der Waals surface area contributed by atoms with Crippen LogP contribution in [-0.4, -0.2) is 22.5 Å². The zero-order valence-corrected chi connectivity index (χ0v) is 13.5. The lowest BCUT2D eigenvalue weighted by atomic mass is 10.1. The molecule has 1 saturated carbocycles. The van der Waals surface area contributed by atoms with Gasteiger partial charge in [-0.1, -0.05) is 36.4 Å². The molecular formula is C19H23N3O. The van der Waals surface area contributed by atoms with E-state index < -0.39 is 0 Å². The van der Waals surface area contributed by atoms with Crippen LogP contribution in [0, 0.1) is 5.92 Å². The predicted molar refractivity (Wildman–Crippen MR) is 90.8 cm³/mol. The summed E-state index contributed by atoms with van der Waals surface area (Å²) in [4.78, 5) is 18.9. The molecular weight excluding hydrogens is 286 g/mol. The first-order chi connectivity index (χ1) is 11.2. The van der Waals surface area contributed by atoms with Crippen molar-refractivity contribution in [1.82, 2.24) is 15.2 Å². The van der Waals surface area contributed by atoms with Gasteiger partial charge in [0.15, 0.2) is 0 Å². The molecule has 1 N–H and O–H groups in total. The second-order valence-electron chi connectivity index (χ2n) is 6.16. The van der Waals surface area contributed by atoms with E-state index in [9.17, 15) is 4.79 Å². The van der Waals surface area contributed by atoms with Crippen LogP contribution in [0.1, 0.15) is 37.1 Å². The number of nitrogens with zero attached hydrogens (tertiary/aromatic N) is 2. The Balaban J connectivity index is 1.66. The monoisotopic (exact) mass is 309 g/mol. The van der Waals surface area contributed by atoms with E-state index >= 15 is 0 Å². The molecule has 1 unspecified atom stereocenters. The molecule has 0 radical (unpaired) electrons. The highest BCUT2D eigenvalue weighted by atomic mass is 16.2. The number of aromatic nitrogens is 1. The van der Waals surface area contributed by atoms with E-state index in [4.69, 9.17) is 0 Å². The number of urea groups is 1. The molecule has 1 aromatic carbocycles. The second kappa shape index (κ2) is 7.27. The van der Waals surface area contributed by atoms with Crippen LogP contribution >= 0.6 is 0 Å². The number of benzene rings is 1. The van der Waals surface area contributed by atoms with E-state index in [1.54, 1.807) is 6.20 Å². The van der Waals surface area contributed by atoms with Crippen molar-refractivity contribution in [3.8, 4) is 0 Å². The molecule has 0 saturated heterocycles. The fourth-order valence-corrected chi connectivity index (χ4v) is 2.68. The molecule has 1 aliphatic carbocycles. The number of nitrogens with one attached hydrogen (secondary N) is 1. The molecule has 0 spiro atoms. The summed E-state index contributed by atoms with van der Waals surface area (Å²) in [6, 6.07) is 16.0. The molecule has 0 aliphatic heterocycles. The van der Waals surface area contributed by atoms with Crippen LogP contribution in [0.5, 0.6) is 0 Å². The molecule has 2 aromatic rings. The Bertz CT molecular complexity index is 626. The summed E-state index contributed by atoms with van der Waals surface area (Å²) in [5.41, 5.74) is 2.04. The molecule has 1 aliphatic rings. The van der Waals surface area contributed by atoms with Crippen molar-refractivity contribution < 1.29 is 4.79 Å². The van der Waals surface area contributed by atoms with Crippen molar-refractivity contribution in [3.63, 3.8) is 0 Å². The molecule has 4 nitrogen and oxygen atoms in total. The van der Waals surface area contributed by atoms with Crippen molar-refractivity contribution in [2.24, 2.45) is 5.92 Å². The Morgan fingerprint density at radius 3 is 2.61 bits per heavy atom. The number of carbonyl (C=O) groups excluding carboxylic acids is 1. The first-order valence-corrected chi connectivity index (χ1v) is 8.23. The Morgan fingerprint density at radius 2 is 1.96 bits per heavy atom. The molecule has 120 valence electrons. The second-order valence-corrected chi connectivity index (χ2v) is 6.16. The van der Waals surface area contributed by atoms with E-state index in [2.05, 4.69) is 29.4 Å². The van der Waals surface area contributed by atoms with E-state index in [0.717, 1.165) is 12.2 Å². The predicted octanol–water partition coefficient (Wildman–Crippen LogP) is 3.76. The fraction of sp³-hybridized carbons (Fsp3) is 0.368. The topological polar surface area (TPSA) is 45.2 Å². The normalized spacial score (nSPS) is 15.0. The van der Waals surface area contributed by atoms with Crippen LogP contribution in [0.2, 0.25) is 0 Å². The van der Waals surface area contributed by atoms with Crippen LogP contribution in [-0.2, 0) is 6.54 Å². The summed E-state index contributed by atoms with van der Waals surface area (Å²) in [7, 11) is 0. The summed E-state index contributed by atoms with van der Waals surface area (Å²) in [6.45, 7) is 3.38. The van der Waals surface area contributed by atoms with Gasteiger partial charge >= 0.3 is 6.03 Å².